The van der Waals surface area contributed by atoms with Gasteiger partial charge in [-0.15, -0.1) is 11.8 Å². The molecule has 6 rings (SSSR count). The summed E-state index contributed by atoms with van der Waals surface area (Å²) >= 11 is 2.83. The molecule has 36 heavy (non-hydrogen) atoms. The van der Waals surface area contributed by atoms with Gasteiger partial charge in [-0.05, 0) is 48.8 Å². The molecule has 2 aliphatic heterocycles. The number of fused-ring (bicyclic) bond motifs is 9. The van der Waals surface area contributed by atoms with Gasteiger partial charge in [0.15, 0.2) is 11.5 Å². The summed E-state index contributed by atoms with van der Waals surface area (Å²) in [5.41, 5.74) is 0.990. The van der Waals surface area contributed by atoms with Gasteiger partial charge < -0.3 is 19.2 Å². The van der Waals surface area contributed by atoms with Crippen molar-refractivity contribution in [1.82, 2.24) is 9.88 Å². The number of aromatic nitrogens is 1. The summed E-state index contributed by atoms with van der Waals surface area (Å²) in [6, 6.07) is 5.80. The number of carbonyl (C=O) groups excluding carboxylic acids is 3. The van der Waals surface area contributed by atoms with Gasteiger partial charge in [-0.25, -0.2) is 0 Å². The Balaban J connectivity index is 1.41. The average Bonchev–Trinajstić information content (AvgIpc) is 3.59. The van der Waals surface area contributed by atoms with Crippen molar-refractivity contribution >= 4 is 40.9 Å². The van der Waals surface area contributed by atoms with Gasteiger partial charge in [0.2, 0.25) is 11.8 Å². The Morgan fingerprint density at radius 1 is 1.08 bits per heavy atom. The molecule has 1 saturated heterocycles. The second-order valence-electron chi connectivity index (χ2n) is 9.64. The number of esters is 1. The number of nitrogens with zero attached hydrogens (tertiary/aromatic N) is 1. The lowest BCUT2D eigenvalue weighted by Gasteiger charge is -2.43. The number of methoxy groups -OCH3 is 2. The van der Waals surface area contributed by atoms with E-state index in [1.165, 1.54) is 11.3 Å². The number of ether oxygens (including phenoxy) is 3. The van der Waals surface area contributed by atoms with Gasteiger partial charge in [-0.1, -0.05) is 17.4 Å². The number of aromatic amines is 1. The predicted molar refractivity (Wildman–Crippen MR) is 131 cm³/mol. The van der Waals surface area contributed by atoms with Crippen LogP contribution in [0.4, 0.5) is 0 Å². The highest BCUT2D eigenvalue weighted by Crippen LogP contribution is 2.68. The van der Waals surface area contributed by atoms with Crippen molar-refractivity contribution in [1.29, 1.82) is 0 Å². The van der Waals surface area contributed by atoms with Crippen molar-refractivity contribution < 1.29 is 28.6 Å². The molecule has 0 radical (unpaired) electrons. The first-order valence-corrected chi connectivity index (χ1v) is 13.7. The molecule has 0 spiro atoms. The van der Waals surface area contributed by atoms with Crippen LogP contribution in [0.3, 0.4) is 0 Å². The minimum absolute atomic E-state index is 0.00200. The predicted octanol–water partition coefficient (Wildman–Crippen LogP) is 2.49. The summed E-state index contributed by atoms with van der Waals surface area (Å²) in [5.74, 6) is -0.839. The van der Waals surface area contributed by atoms with Gasteiger partial charge in [0.05, 0.1) is 37.7 Å². The van der Waals surface area contributed by atoms with Gasteiger partial charge in [0.25, 0.3) is 0 Å². The standard InChI is InChI=1S/C25H26N2O7S2/c1-4-34-15(28)9-27-23(29)18-11-8-12(19(18)24(27)30)20-17(11)16(21-22(35-20)26-25(31)36-21)10-5-6-13(32-2)14(7-10)33-3/h5-7,11-12,16-20H,4,8-9H2,1-3H3,(H,26,31)/t11-,12+,16+,17+,18+,19+,20-/m1/s1. The number of H-pyrrole nitrogens is 1. The minimum Gasteiger partial charge on any atom is -0.493 e. The van der Waals surface area contributed by atoms with E-state index in [4.69, 9.17) is 14.2 Å². The molecule has 2 amide bonds. The van der Waals surface area contributed by atoms with Crippen LogP contribution in [0.1, 0.15) is 29.7 Å². The zero-order chi connectivity index (χ0) is 25.3. The van der Waals surface area contributed by atoms with Gasteiger partial charge in [0, 0.05) is 16.0 Å². The number of hydrogen-bond acceptors (Lipinski definition) is 9. The molecule has 7 atom stereocenters. The first-order valence-electron chi connectivity index (χ1n) is 12.0. The number of nitrogens with one attached hydrogen (secondary N) is 1. The number of imide groups is 1. The maximum Gasteiger partial charge on any atom is 0.326 e. The number of rotatable bonds is 6. The highest BCUT2D eigenvalue weighted by molar-refractivity contribution is 8.00. The fourth-order valence-corrected chi connectivity index (χ4v) is 9.88. The van der Waals surface area contributed by atoms with E-state index >= 15 is 0 Å². The quantitative estimate of drug-likeness (QED) is 0.448. The Labute approximate surface area is 215 Å². The van der Waals surface area contributed by atoms with Crippen LogP contribution in [0.15, 0.2) is 28.0 Å². The molecule has 2 bridgehead atoms. The van der Waals surface area contributed by atoms with Crippen LogP contribution in [0, 0.1) is 29.6 Å². The lowest BCUT2D eigenvalue weighted by Crippen LogP contribution is -2.42. The first-order chi connectivity index (χ1) is 17.4. The van der Waals surface area contributed by atoms with E-state index in [9.17, 15) is 19.2 Å². The molecule has 2 aromatic rings. The van der Waals surface area contributed by atoms with E-state index in [1.54, 1.807) is 32.9 Å². The van der Waals surface area contributed by atoms with Gasteiger partial charge >= 0.3 is 10.8 Å². The molecule has 3 heterocycles. The van der Waals surface area contributed by atoms with E-state index in [0.717, 1.165) is 26.8 Å². The summed E-state index contributed by atoms with van der Waals surface area (Å²) in [6.07, 6.45) is 0.783. The molecule has 9 nitrogen and oxygen atoms in total. The van der Waals surface area contributed by atoms with Gasteiger partial charge in [-0.2, -0.15) is 0 Å². The molecule has 2 saturated carbocycles. The molecule has 4 aliphatic rings. The smallest absolute Gasteiger partial charge is 0.326 e. The summed E-state index contributed by atoms with van der Waals surface area (Å²) in [4.78, 5) is 56.3. The topological polar surface area (TPSA) is 115 Å². The Hall–Kier alpha value is -2.79. The molecule has 1 N–H and O–H groups in total. The van der Waals surface area contributed by atoms with Crippen molar-refractivity contribution in [2.75, 3.05) is 27.4 Å². The van der Waals surface area contributed by atoms with Crippen LogP contribution >= 0.6 is 23.1 Å². The zero-order valence-corrected chi connectivity index (χ0v) is 21.6. The molecule has 11 heteroatoms. The number of hydrogen-bond donors (Lipinski definition) is 1. The molecular formula is C25H26N2O7S2. The van der Waals surface area contributed by atoms with Crippen molar-refractivity contribution in [2.45, 2.75) is 29.5 Å². The fraction of sp³-hybridized carbons (Fsp3) is 0.520. The maximum absolute atomic E-state index is 13.5. The summed E-state index contributed by atoms with van der Waals surface area (Å²) in [5, 5.41) is 0.918. The van der Waals surface area contributed by atoms with Crippen LogP contribution in [0.2, 0.25) is 0 Å². The molecule has 0 unspecified atom stereocenters. The maximum atomic E-state index is 13.5. The summed E-state index contributed by atoms with van der Waals surface area (Å²) < 4.78 is 16.0. The third-order valence-corrected chi connectivity index (χ3v) is 10.8. The lowest BCUT2D eigenvalue weighted by molar-refractivity contribution is -0.153. The molecule has 2 aliphatic carbocycles. The van der Waals surface area contributed by atoms with E-state index in [-0.39, 0.29) is 58.8 Å². The van der Waals surface area contributed by atoms with Crippen LogP contribution in [0.25, 0.3) is 0 Å². The second-order valence-corrected chi connectivity index (χ2v) is 11.8. The zero-order valence-electron chi connectivity index (χ0n) is 20.0. The highest BCUT2D eigenvalue weighted by atomic mass is 32.2. The van der Waals surface area contributed by atoms with Crippen molar-refractivity contribution in [3.05, 3.63) is 38.3 Å². The third-order valence-electron chi connectivity index (χ3n) is 8.17. The van der Waals surface area contributed by atoms with Crippen molar-refractivity contribution in [3.8, 4) is 11.5 Å². The number of carbonyl (C=O) groups is 3. The van der Waals surface area contributed by atoms with Crippen LogP contribution in [0.5, 0.6) is 11.5 Å². The molecule has 1 aromatic carbocycles. The monoisotopic (exact) mass is 530 g/mol. The lowest BCUT2D eigenvalue weighted by atomic mass is 9.68. The molecule has 190 valence electrons. The molecule has 1 aromatic heterocycles. The summed E-state index contributed by atoms with van der Waals surface area (Å²) in [6.45, 7) is 1.56. The van der Waals surface area contributed by atoms with E-state index in [2.05, 4.69) is 4.98 Å². The number of benzene rings is 1. The Kier molecular flexibility index (Phi) is 5.67. The largest absolute Gasteiger partial charge is 0.493 e. The SMILES string of the molecule is CCOC(=O)CN1C(=O)[C@H]2[C@@H]3C[C@@H]([C@@H]2C1=O)[C@H]1[C@H](c2ccc(OC)c(OC)c2)c2sc(=O)[nH]c2S[C@H]31. The van der Waals surface area contributed by atoms with Crippen LogP contribution in [-0.4, -0.2) is 60.3 Å². The average molecular weight is 531 g/mol. The van der Waals surface area contributed by atoms with Gasteiger partial charge in [-0.3, -0.25) is 24.1 Å². The van der Waals surface area contributed by atoms with E-state index in [0.29, 0.717) is 11.5 Å². The van der Waals surface area contributed by atoms with Gasteiger partial charge in [0.1, 0.15) is 6.54 Å². The fourth-order valence-electron chi connectivity index (χ4n) is 6.99. The van der Waals surface area contributed by atoms with Crippen LogP contribution < -0.4 is 14.3 Å². The second kappa shape index (κ2) is 8.65. The van der Waals surface area contributed by atoms with E-state index < -0.39 is 17.8 Å². The Bertz CT molecular complexity index is 1320. The summed E-state index contributed by atoms with van der Waals surface area (Å²) in [7, 11) is 3.17. The first kappa shape index (κ1) is 23.6. The van der Waals surface area contributed by atoms with Crippen molar-refractivity contribution in [3.63, 3.8) is 0 Å². The van der Waals surface area contributed by atoms with Crippen LogP contribution in [-0.2, 0) is 19.1 Å². The number of thioether (sulfide) groups is 1. The number of thiazole rings is 1. The number of amides is 2. The molecular weight excluding hydrogens is 504 g/mol. The highest BCUT2D eigenvalue weighted by Gasteiger charge is 2.69. The molecule has 3 fully saturated rings. The third kappa shape index (κ3) is 3.28. The van der Waals surface area contributed by atoms with E-state index in [1.807, 2.05) is 18.2 Å². The normalized spacial score (nSPS) is 31.8. The Morgan fingerprint density at radius 3 is 2.50 bits per heavy atom. The van der Waals surface area contributed by atoms with Crippen molar-refractivity contribution in [2.24, 2.45) is 29.6 Å². The number of likely N-dealkylation sites (tertiary alicyclic amines) is 1. The minimum atomic E-state index is -0.568. The Morgan fingerprint density at radius 2 is 1.81 bits per heavy atom.